The number of hydrogen-bond donors (Lipinski definition) is 2. The monoisotopic (exact) mass is 282 g/mol. The number of hydrogen-bond acceptors (Lipinski definition) is 3. The lowest BCUT2D eigenvalue weighted by atomic mass is 10.0. The highest BCUT2D eigenvalue weighted by Crippen LogP contribution is 2.20. The number of halogens is 1. The van der Waals surface area contributed by atoms with E-state index in [1.165, 1.54) is 16.9 Å². The molecular formula is C13H15ClN2OS. The van der Waals surface area contributed by atoms with Gasteiger partial charge in [-0.25, -0.2) is 0 Å². The van der Waals surface area contributed by atoms with E-state index in [-0.39, 0.29) is 10.9 Å². The molecule has 0 aliphatic heterocycles. The van der Waals surface area contributed by atoms with Crippen LogP contribution in [0.25, 0.3) is 0 Å². The van der Waals surface area contributed by atoms with Crippen LogP contribution in [0, 0.1) is 0 Å². The molecule has 0 spiro atoms. The van der Waals surface area contributed by atoms with Crippen molar-refractivity contribution in [3.63, 3.8) is 0 Å². The molecule has 1 aromatic heterocycles. The fourth-order valence-electron chi connectivity index (χ4n) is 1.85. The van der Waals surface area contributed by atoms with Gasteiger partial charge in [-0.15, -0.1) is 0 Å². The first-order chi connectivity index (χ1) is 8.69. The van der Waals surface area contributed by atoms with E-state index in [1.807, 2.05) is 23.6 Å². The largest absolute Gasteiger partial charge is 0.315 e. The van der Waals surface area contributed by atoms with E-state index in [1.54, 1.807) is 0 Å². The minimum atomic E-state index is -0.0115. The highest BCUT2D eigenvalue weighted by molar-refractivity contribution is 7.07. The molecule has 3 nitrogen and oxygen atoms in total. The molecule has 0 amide bonds. The summed E-state index contributed by atoms with van der Waals surface area (Å²) in [5.74, 6) is 0. The van der Waals surface area contributed by atoms with Gasteiger partial charge in [-0.1, -0.05) is 42.0 Å². The highest BCUT2D eigenvalue weighted by Gasteiger charge is 2.09. The molecule has 0 aliphatic carbocycles. The maximum Gasteiger partial charge on any atom is 0.304 e. The Morgan fingerprint density at radius 1 is 1.50 bits per heavy atom. The predicted molar refractivity (Wildman–Crippen MR) is 76.3 cm³/mol. The van der Waals surface area contributed by atoms with Crippen LogP contribution in [0.3, 0.4) is 0 Å². The molecule has 0 saturated heterocycles. The number of H-pyrrole nitrogens is 1. The maximum absolute atomic E-state index is 11.0. The molecule has 0 fully saturated rings. The molecule has 96 valence electrons. The van der Waals surface area contributed by atoms with Crippen LogP contribution in [0.2, 0.25) is 5.02 Å². The van der Waals surface area contributed by atoms with Crippen LogP contribution in [-0.4, -0.2) is 4.98 Å². The summed E-state index contributed by atoms with van der Waals surface area (Å²) >= 11 is 7.18. The van der Waals surface area contributed by atoms with Gasteiger partial charge in [-0.3, -0.25) is 4.79 Å². The lowest BCUT2D eigenvalue weighted by molar-refractivity contribution is 0.515. The third kappa shape index (κ3) is 3.45. The molecule has 0 radical (unpaired) electrons. The molecule has 1 atom stereocenters. The number of thiazole rings is 1. The van der Waals surface area contributed by atoms with Crippen LogP contribution in [0.5, 0.6) is 0 Å². The summed E-state index contributed by atoms with van der Waals surface area (Å²) in [4.78, 5) is 13.8. The van der Waals surface area contributed by atoms with Crippen LogP contribution in [0.4, 0.5) is 0 Å². The number of rotatable bonds is 5. The van der Waals surface area contributed by atoms with E-state index >= 15 is 0 Å². The Morgan fingerprint density at radius 2 is 2.33 bits per heavy atom. The van der Waals surface area contributed by atoms with Crippen LogP contribution in [0.15, 0.2) is 34.4 Å². The van der Waals surface area contributed by atoms with E-state index in [0.29, 0.717) is 6.54 Å². The molecule has 2 N–H and O–H groups in total. The standard InChI is InChI=1S/C13H15ClN2OS/c1-2-12(9-4-3-5-10(14)6-9)15-7-11-8-18-13(17)16-11/h3-6,8,12,15H,2,7H2,1H3,(H,16,17). The minimum absolute atomic E-state index is 0.0115. The number of aromatic nitrogens is 1. The van der Waals surface area contributed by atoms with Crippen molar-refractivity contribution in [1.82, 2.24) is 10.3 Å². The fourth-order valence-corrected chi connectivity index (χ4v) is 2.64. The van der Waals surface area contributed by atoms with Gasteiger partial charge in [0.2, 0.25) is 0 Å². The van der Waals surface area contributed by atoms with Gasteiger partial charge in [0, 0.05) is 28.7 Å². The minimum Gasteiger partial charge on any atom is -0.315 e. The van der Waals surface area contributed by atoms with Gasteiger partial charge in [-0.2, -0.15) is 0 Å². The molecule has 18 heavy (non-hydrogen) atoms. The molecule has 2 rings (SSSR count). The summed E-state index contributed by atoms with van der Waals surface area (Å²) < 4.78 is 0. The van der Waals surface area contributed by atoms with Gasteiger partial charge in [-0.05, 0) is 24.1 Å². The molecule has 1 heterocycles. The topological polar surface area (TPSA) is 44.9 Å². The first-order valence-corrected chi connectivity index (χ1v) is 7.10. The van der Waals surface area contributed by atoms with E-state index in [2.05, 4.69) is 23.3 Å². The summed E-state index contributed by atoms with van der Waals surface area (Å²) in [5.41, 5.74) is 2.09. The van der Waals surface area contributed by atoms with Gasteiger partial charge < -0.3 is 10.3 Å². The van der Waals surface area contributed by atoms with Gasteiger partial charge in [0.1, 0.15) is 0 Å². The van der Waals surface area contributed by atoms with E-state index < -0.39 is 0 Å². The normalized spacial score (nSPS) is 12.6. The summed E-state index contributed by atoms with van der Waals surface area (Å²) in [6, 6.07) is 8.09. The summed E-state index contributed by atoms with van der Waals surface area (Å²) in [6.07, 6.45) is 0.967. The Labute approximate surface area is 115 Å². The third-order valence-electron chi connectivity index (χ3n) is 2.77. The van der Waals surface area contributed by atoms with Crippen molar-refractivity contribution in [2.24, 2.45) is 0 Å². The van der Waals surface area contributed by atoms with Crippen molar-refractivity contribution >= 4 is 22.9 Å². The summed E-state index contributed by atoms with van der Waals surface area (Å²) in [7, 11) is 0. The van der Waals surface area contributed by atoms with Crippen LogP contribution < -0.4 is 10.2 Å². The average Bonchev–Trinajstić information content (AvgIpc) is 2.76. The van der Waals surface area contributed by atoms with Gasteiger partial charge in [0.15, 0.2) is 0 Å². The van der Waals surface area contributed by atoms with Crippen molar-refractivity contribution in [2.45, 2.75) is 25.9 Å². The maximum atomic E-state index is 11.0. The van der Waals surface area contributed by atoms with E-state index in [0.717, 1.165) is 17.1 Å². The molecule has 1 aromatic carbocycles. The van der Waals surface area contributed by atoms with Crippen molar-refractivity contribution in [1.29, 1.82) is 0 Å². The predicted octanol–water partition coefficient (Wildman–Crippen LogP) is 3.33. The number of nitrogens with one attached hydrogen (secondary N) is 2. The van der Waals surface area contributed by atoms with E-state index in [9.17, 15) is 4.79 Å². The lowest BCUT2D eigenvalue weighted by Gasteiger charge is -2.17. The summed E-state index contributed by atoms with van der Waals surface area (Å²) in [5, 5.41) is 6.01. The smallest absolute Gasteiger partial charge is 0.304 e. The highest BCUT2D eigenvalue weighted by atomic mass is 35.5. The first-order valence-electron chi connectivity index (χ1n) is 5.84. The second-order valence-electron chi connectivity index (χ2n) is 4.07. The first kappa shape index (κ1) is 13.3. The Balaban J connectivity index is 2.03. The quantitative estimate of drug-likeness (QED) is 0.883. The van der Waals surface area contributed by atoms with E-state index in [4.69, 9.17) is 11.6 Å². The molecule has 2 aromatic rings. The molecular weight excluding hydrogens is 268 g/mol. The second kappa shape index (κ2) is 6.18. The van der Waals surface area contributed by atoms with Crippen LogP contribution in [-0.2, 0) is 6.54 Å². The summed E-state index contributed by atoms with van der Waals surface area (Å²) in [6.45, 7) is 2.78. The Bertz CT molecular complexity index is 564. The van der Waals surface area contributed by atoms with Crippen LogP contribution in [0.1, 0.15) is 30.6 Å². The zero-order valence-electron chi connectivity index (χ0n) is 10.1. The molecule has 0 bridgehead atoms. The van der Waals surface area contributed by atoms with Crippen molar-refractivity contribution in [3.8, 4) is 0 Å². The van der Waals surface area contributed by atoms with Crippen molar-refractivity contribution < 1.29 is 0 Å². The van der Waals surface area contributed by atoms with Gasteiger partial charge in [0.25, 0.3) is 0 Å². The third-order valence-corrected chi connectivity index (χ3v) is 3.72. The Kier molecular flexibility index (Phi) is 4.58. The zero-order valence-corrected chi connectivity index (χ0v) is 11.6. The van der Waals surface area contributed by atoms with Crippen molar-refractivity contribution in [3.05, 3.63) is 55.6 Å². The Hall–Kier alpha value is -1.10. The number of aromatic amines is 1. The number of benzene rings is 1. The molecule has 5 heteroatoms. The fraction of sp³-hybridized carbons (Fsp3) is 0.308. The Morgan fingerprint density at radius 3 is 2.94 bits per heavy atom. The molecule has 0 saturated carbocycles. The van der Waals surface area contributed by atoms with Crippen LogP contribution >= 0.6 is 22.9 Å². The van der Waals surface area contributed by atoms with Crippen molar-refractivity contribution in [2.75, 3.05) is 0 Å². The lowest BCUT2D eigenvalue weighted by Crippen LogP contribution is -2.20. The average molecular weight is 283 g/mol. The second-order valence-corrected chi connectivity index (χ2v) is 5.35. The SMILES string of the molecule is CCC(NCc1csc(=O)[nH]1)c1cccc(Cl)c1. The van der Waals surface area contributed by atoms with Gasteiger partial charge in [0.05, 0.1) is 0 Å². The molecule has 1 unspecified atom stereocenters. The zero-order chi connectivity index (χ0) is 13.0. The van der Waals surface area contributed by atoms with Gasteiger partial charge >= 0.3 is 4.87 Å². The molecule has 0 aliphatic rings.